The second-order valence-corrected chi connectivity index (χ2v) is 6.25. The molecule has 2 aromatic rings. The number of hydrogen-bond donors (Lipinski definition) is 0. The first kappa shape index (κ1) is 17.0. The molecule has 0 amide bonds. The van der Waals surface area contributed by atoms with E-state index in [9.17, 15) is 13.2 Å². The van der Waals surface area contributed by atoms with Crippen molar-refractivity contribution in [2.24, 2.45) is 0 Å². The van der Waals surface area contributed by atoms with E-state index in [1.807, 2.05) is 6.92 Å². The van der Waals surface area contributed by atoms with Gasteiger partial charge in [-0.15, -0.1) is 10.2 Å². The highest BCUT2D eigenvalue weighted by atomic mass is 19.4. The minimum Gasteiger partial charge on any atom is -0.314 e. The largest absolute Gasteiger partial charge is 0.416 e. The van der Waals surface area contributed by atoms with Crippen molar-refractivity contribution in [2.45, 2.75) is 45.5 Å². The summed E-state index contributed by atoms with van der Waals surface area (Å²) in [6.07, 6.45) is -3.43. The number of benzene rings is 1. The van der Waals surface area contributed by atoms with E-state index < -0.39 is 11.7 Å². The molecule has 1 saturated heterocycles. The number of hydrogen-bond acceptors (Lipinski definition) is 3. The van der Waals surface area contributed by atoms with Crippen molar-refractivity contribution in [2.75, 3.05) is 13.1 Å². The first-order valence-electron chi connectivity index (χ1n) is 8.16. The summed E-state index contributed by atoms with van der Waals surface area (Å²) in [5.74, 6) is 1.94. The Labute approximate surface area is 139 Å². The molecule has 1 aromatic carbocycles. The lowest BCUT2D eigenvalue weighted by Gasteiger charge is -2.17. The number of nitrogens with zero attached hydrogens (tertiary/aromatic N) is 4. The highest BCUT2D eigenvalue weighted by molar-refractivity contribution is 5.29. The molecule has 0 radical (unpaired) electrons. The predicted molar refractivity (Wildman–Crippen MR) is 84.5 cm³/mol. The maximum Gasteiger partial charge on any atom is 0.416 e. The van der Waals surface area contributed by atoms with E-state index in [1.54, 1.807) is 6.07 Å². The van der Waals surface area contributed by atoms with Crippen LogP contribution in [0.1, 0.15) is 42.0 Å². The summed E-state index contributed by atoms with van der Waals surface area (Å²) in [5, 5.41) is 8.32. The average molecular weight is 338 g/mol. The number of rotatable bonds is 4. The summed E-state index contributed by atoms with van der Waals surface area (Å²) in [5.41, 5.74) is 0.195. The van der Waals surface area contributed by atoms with Gasteiger partial charge in [0.1, 0.15) is 11.6 Å². The van der Waals surface area contributed by atoms with Gasteiger partial charge in [-0.2, -0.15) is 13.2 Å². The molecule has 130 valence electrons. The average Bonchev–Trinajstić information content (AvgIpc) is 3.14. The topological polar surface area (TPSA) is 34.0 Å². The van der Waals surface area contributed by atoms with E-state index in [4.69, 9.17) is 0 Å². The normalized spacial score (nSPS) is 19.1. The zero-order valence-corrected chi connectivity index (χ0v) is 13.8. The van der Waals surface area contributed by atoms with Crippen LogP contribution < -0.4 is 0 Å². The first-order valence-corrected chi connectivity index (χ1v) is 8.16. The second-order valence-electron chi connectivity index (χ2n) is 6.25. The van der Waals surface area contributed by atoms with Gasteiger partial charge in [-0.1, -0.05) is 18.2 Å². The molecule has 1 aliphatic heterocycles. The molecular weight excluding hydrogens is 317 g/mol. The summed E-state index contributed by atoms with van der Waals surface area (Å²) in [6, 6.07) is 5.70. The third kappa shape index (κ3) is 3.45. The van der Waals surface area contributed by atoms with Crippen LogP contribution >= 0.6 is 0 Å². The minimum absolute atomic E-state index is 0.131. The number of aromatic nitrogens is 3. The summed E-state index contributed by atoms with van der Waals surface area (Å²) >= 11 is 0. The van der Waals surface area contributed by atoms with Gasteiger partial charge in [0.2, 0.25) is 0 Å². The zero-order chi connectivity index (χ0) is 17.3. The molecule has 1 aliphatic rings. The van der Waals surface area contributed by atoms with Crippen molar-refractivity contribution in [3.05, 3.63) is 47.0 Å². The third-order valence-corrected chi connectivity index (χ3v) is 4.65. The molecule has 7 heteroatoms. The maximum absolute atomic E-state index is 12.9. The van der Waals surface area contributed by atoms with Crippen LogP contribution in [0.25, 0.3) is 0 Å². The van der Waals surface area contributed by atoms with Crippen LogP contribution in [-0.2, 0) is 19.3 Å². The summed E-state index contributed by atoms with van der Waals surface area (Å²) in [4.78, 5) is 2.24. The van der Waals surface area contributed by atoms with Crippen LogP contribution in [-0.4, -0.2) is 32.8 Å². The third-order valence-electron chi connectivity index (χ3n) is 4.65. The molecule has 1 atom stereocenters. The molecule has 1 fully saturated rings. The number of aryl methyl sites for hydroxylation is 1. The van der Waals surface area contributed by atoms with Gasteiger partial charge in [0.25, 0.3) is 0 Å². The highest BCUT2D eigenvalue weighted by Crippen LogP contribution is 2.34. The monoisotopic (exact) mass is 338 g/mol. The van der Waals surface area contributed by atoms with E-state index in [-0.39, 0.29) is 5.92 Å². The number of likely N-dealkylation sites (tertiary alicyclic amines) is 1. The van der Waals surface area contributed by atoms with Crippen LogP contribution in [0.4, 0.5) is 13.2 Å². The van der Waals surface area contributed by atoms with E-state index in [1.165, 1.54) is 12.1 Å². The minimum atomic E-state index is -4.29. The molecule has 0 N–H and O–H groups in total. The number of halogens is 3. The lowest BCUT2D eigenvalue weighted by atomic mass is 9.96. The van der Waals surface area contributed by atoms with Gasteiger partial charge < -0.3 is 4.57 Å². The van der Waals surface area contributed by atoms with Crippen LogP contribution in [0, 0.1) is 6.92 Å². The smallest absolute Gasteiger partial charge is 0.314 e. The quantitative estimate of drug-likeness (QED) is 0.854. The van der Waals surface area contributed by atoms with E-state index in [0.29, 0.717) is 6.54 Å². The van der Waals surface area contributed by atoms with Crippen molar-refractivity contribution in [1.29, 1.82) is 0 Å². The molecule has 0 bridgehead atoms. The van der Waals surface area contributed by atoms with E-state index in [0.717, 1.165) is 49.3 Å². The van der Waals surface area contributed by atoms with Crippen LogP contribution in [0.2, 0.25) is 0 Å². The summed E-state index contributed by atoms with van der Waals surface area (Å²) in [7, 11) is 0. The standard InChI is InChI=1S/C17H21F3N4/c1-3-24-12(2)21-22-16(24)11-23-8-7-14(10-23)13-5-4-6-15(9-13)17(18,19)20/h4-6,9,14H,3,7-8,10-11H2,1-2H3/t14-/m0/s1. The lowest BCUT2D eigenvalue weighted by Crippen LogP contribution is -2.22. The molecule has 0 saturated carbocycles. The van der Waals surface area contributed by atoms with Crippen molar-refractivity contribution in [1.82, 2.24) is 19.7 Å². The van der Waals surface area contributed by atoms with Gasteiger partial charge in [0.15, 0.2) is 0 Å². The first-order chi connectivity index (χ1) is 11.4. The Kier molecular flexibility index (Phi) is 4.62. The Bertz CT molecular complexity index is 708. The van der Waals surface area contributed by atoms with Gasteiger partial charge in [0.05, 0.1) is 12.1 Å². The van der Waals surface area contributed by atoms with Crippen LogP contribution in [0.5, 0.6) is 0 Å². The second kappa shape index (κ2) is 6.55. The Morgan fingerprint density at radius 3 is 2.75 bits per heavy atom. The molecule has 24 heavy (non-hydrogen) atoms. The van der Waals surface area contributed by atoms with Crippen LogP contribution in [0.15, 0.2) is 24.3 Å². The Morgan fingerprint density at radius 1 is 1.25 bits per heavy atom. The van der Waals surface area contributed by atoms with Crippen LogP contribution in [0.3, 0.4) is 0 Å². The SMILES string of the molecule is CCn1c(C)nnc1CN1CC[C@H](c2cccc(C(F)(F)F)c2)C1. The molecular formula is C17H21F3N4. The van der Waals surface area contributed by atoms with E-state index in [2.05, 4.69) is 26.6 Å². The fourth-order valence-corrected chi connectivity index (χ4v) is 3.37. The molecule has 2 heterocycles. The Morgan fingerprint density at radius 2 is 2.04 bits per heavy atom. The Balaban J connectivity index is 1.69. The van der Waals surface area contributed by atoms with Crippen molar-refractivity contribution in [3.8, 4) is 0 Å². The van der Waals surface area contributed by atoms with Gasteiger partial charge in [0, 0.05) is 13.1 Å². The fourth-order valence-electron chi connectivity index (χ4n) is 3.37. The Hall–Kier alpha value is -1.89. The molecule has 0 aliphatic carbocycles. The van der Waals surface area contributed by atoms with Crippen molar-refractivity contribution in [3.63, 3.8) is 0 Å². The zero-order valence-electron chi connectivity index (χ0n) is 13.8. The molecule has 4 nitrogen and oxygen atoms in total. The summed E-state index contributed by atoms with van der Waals surface area (Å²) < 4.78 is 40.7. The summed E-state index contributed by atoms with van der Waals surface area (Å²) in [6.45, 7) is 7.08. The van der Waals surface area contributed by atoms with E-state index >= 15 is 0 Å². The van der Waals surface area contributed by atoms with Gasteiger partial charge in [-0.25, -0.2) is 0 Å². The van der Waals surface area contributed by atoms with Gasteiger partial charge in [-0.05, 0) is 44.4 Å². The van der Waals surface area contributed by atoms with Gasteiger partial charge in [-0.3, -0.25) is 4.90 Å². The maximum atomic E-state index is 12.9. The van der Waals surface area contributed by atoms with Crippen molar-refractivity contribution < 1.29 is 13.2 Å². The fraction of sp³-hybridized carbons (Fsp3) is 0.529. The lowest BCUT2D eigenvalue weighted by molar-refractivity contribution is -0.137. The molecule has 0 spiro atoms. The highest BCUT2D eigenvalue weighted by Gasteiger charge is 2.32. The molecule has 3 rings (SSSR count). The molecule has 1 aromatic heterocycles. The van der Waals surface area contributed by atoms with Gasteiger partial charge >= 0.3 is 6.18 Å². The predicted octanol–water partition coefficient (Wildman–Crippen LogP) is 3.61. The number of alkyl halides is 3. The van der Waals surface area contributed by atoms with Crippen molar-refractivity contribution >= 4 is 0 Å². The molecule has 0 unspecified atom stereocenters.